The molecular weight excluding hydrogens is 192 g/mol. The van der Waals surface area contributed by atoms with Gasteiger partial charge in [-0.1, -0.05) is 0 Å². The molecule has 1 heterocycles. The molecule has 1 aliphatic heterocycles. The maximum absolute atomic E-state index is 11.6. The first-order valence-corrected chi connectivity index (χ1v) is 5.53. The van der Waals surface area contributed by atoms with Gasteiger partial charge in [-0.3, -0.25) is 0 Å². The fraction of sp³-hybridized carbons (Fsp3) is 0.900. The number of carbonyl (C=O) groups is 1. The molecule has 5 heteroatoms. The lowest BCUT2D eigenvalue weighted by Crippen LogP contribution is -2.48. The lowest BCUT2D eigenvalue weighted by Gasteiger charge is -2.30. The van der Waals surface area contributed by atoms with Crippen LogP contribution in [0.4, 0.5) is 4.79 Å². The molecule has 0 unspecified atom stereocenters. The normalized spacial score (nSPS) is 18.9. The highest BCUT2D eigenvalue weighted by Gasteiger charge is 2.19. The number of carbonyl (C=O) groups excluding carboxylic acids is 1. The summed E-state index contributed by atoms with van der Waals surface area (Å²) in [5.74, 6) is 0. The number of nitrogens with two attached hydrogens (primary N) is 1. The maximum Gasteiger partial charge on any atom is 0.317 e. The minimum Gasteiger partial charge on any atom is -0.335 e. The van der Waals surface area contributed by atoms with Crippen LogP contribution in [0.15, 0.2) is 0 Å². The van der Waals surface area contributed by atoms with Crippen LogP contribution in [-0.2, 0) is 0 Å². The van der Waals surface area contributed by atoms with Crippen molar-refractivity contribution in [2.24, 2.45) is 5.73 Å². The first-order chi connectivity index (χ1) is 7.13. The molecule has 0 aromatic heterocycles. The van der Waals surface area contributed by atoms with E-state index in [0.717, 1.165) is 25.9 Å². The zero-order valence-electron chi connectivity index (χ0n) is 9.70. The fourth-order valence-electron chi connectivity index (χ4n) is 1.73. The van der Waals surface area contributed by atoms with Gasteiger partial charge in [0.25, 0.3) is 0 Å². The molecule has 15 heavy (non-hydrogen) atoms. The molecule has 88 valence electrons. The summed E-state index contributed by atoms with van der Waals surface area (Å²) in [6.07, 6.45) is 2.08. The van der Waals surface area contributed by atoms with Gasteiger partial charge < -0.3 is 20.9 Å². The Morgan fingerprint density at radius 2 is 2.13 bits per heavy atom. The average molecular weight is 214 g/mol. The van der Waals surface area contributed by atoms with Gasteiger partial charge in [-0.05, 0) is 33.0 Å². The molecule has 0 atom stereocenters. The smallest absolute Gasteiger partial charge is 0.317 e. The van der Waals surface area contributed by atoms with Crippen LogP contribution in [-0.4, -0.2) is 62.1 Å². The third kappa shape index (κ3) is 4.05. The Bertz CT molecular complexity index is 202. The second-order valence-corrected chi connectivity index (χ2v) is 4.24. The Balaban J connectivity index is 2.25. The number of hydrogen-bond donors (Lipinski definition) is 2. The van der Waals surface area contributed by atoms with Crippen molar-refractivity contribution in [3.05, 3.63) is 0 Å². The molecule has 1 saturated heterocycles. The lowest BCUT2D eigenvalue weighted by atomic mass is 10.1. The van der Waals surface area contributed by atoms with Crippen LogP contribution in [0, 0.1) is 0 Å². The van der Waals surface area contributed by atoms with E-state index in [1.54, 1.807) is 11.9 Å². The molecule has 0 aliphatic carbocycles. The second-order valence-electron chi connectivity index (χ2n) is 4.24. The van der Waals surface area contributed by atoms with Crippen molar-refractivity contribution in [3.8, 4) is 0 Å². The zero-order chi connectivity index (χ0) is 11.3. The quantitative estimate of drug-likeness (QED) is 0.677. The van der Waals surface area contributed by atoms with Crippen LogP contribution >= 0.6 is 0 Å². The summed E-state index contributed by atoms with van der Waals surface area (Å²) >= 11 is 0. The van der Waals surface area contributed by atoms with Crippen molar-refractivity contribution in [2.75, 3.05) is 40.3 Å². The van der Waals surface area contributed by atoms with E-state index in [1.807, 2.05) is 0 Å². The van der Waals surface area contributed by atoms with E-state index in [2.05, 4.69) is 17.3 Å². The van der Waals surface area contributed by atoms with E-state index in [1.165, 1.54) is 0 Å². The summed E-state index contributed by atoms with van der Waals surface area (Å²) in [6.45, 7) is 3.24. The highest BCUT2D eigenvalue weighted by molar-refractivity contribution is 5.74. The Kier molecular flexibility index (Phi) is 4.84. The number of likely N-dealkylation sites (tertiary alicyclic amines) is 1. The van der Waals surface area contributed by atoms with E-state index in [4.69, 9.17) is 5.73 Å². The van der Waals surface area contributed by atoms with E-state index in [0.29, 0.717) is 19.1 Å². The number of nitrogens with one attached hydrogen (secondary N) is 1. The SMILES string of the molecule is CN1CCC(NC(=O)N(C)CCN)CC1. The molecule has 0 spiro atoms. The summed E-state index contributed by atoms with van der Waals surface area (Å²) in [5, 5.41) is 3.03. The van der Waals surface area contributed by atoms with E-state index in [-0.39, 0.29) is 6.03 Å². The molecule has 2 amide bonds. The number of rotatable bonds is 3. The molecule has 1 aliphatic rings. The highest BCUT2D eigenvalue weighted by Crippen LogP contribution is 2.08. The van der Waals surface area contributed by atoms with Crippen molar-refractivity contribution < 1.29 is 4.79 Å². The number of hydrogen-bond acceptors (Lipinski definition) is 3. The van der Waals surface area contributed by atoms with Gasteiger partial charge >= 0.3 is 6.03 Å². The summed E-state index contributed by atoms with van der Waals surface area (Å²) < 4.78 is 0. The van der Waals surface area contributed by atoms with Crippen molar-refractivity contribution in [1.29, 1.82) is 0 Å². The molecule has 0 aromatic rings. The number of nitrogens with zero attached hydrogens (tertiary/aromatic N) is 2. The molecule has 0 radical (unpaired) electrons. The van der Waals surface area contributed by atoms with Gasteiger partial charge in [0.2, 0.25) is 0 Å². The standard InChI is InChI=1S/C10H22N4O/c1-13-6-3-9(4-7-13)12-10(15)14(2)8-5-11/h9H,3-8,11H2,1-2H3,(H,12,15). The maximum atomic E-state index is 11.6. The van der Waals surface area contributed by atoms with Crippen LogP contribution in [0.2, 0.25) is 0 Å². The zero-order valence-corrected chi connectivity index (χ0v) is 9.70. The van der Waals surface area contributed by atoms with Crippen LogP contribution < -0.4 is 11.1 Å². The third-order valence-electron chi connectivity index (χ3n) is 2.86. The van der Waals surface area contributed by atoms with Crippen LogP contribution in [0.1, 0.15) is 12.8 Å². The monoisotopic (exact) mass is 214 g/mol. The minimum atomic E-state index is -0.00463. The van der Waals surface area contributed by atoms with Crippen molar-refractivity contribution >= 4 is 6.03 Å². The molecule has 1 fully saturated rings. The third-order valence-corrected chi connectivity index (χ3v) is 2.86. The number of urea groups is 1. The van der Waals surface area contributed by atoms with Gasteiger partial charge in [0, 0.05) is 26.2 Å². The summed E-state index contributed by atoms with van der Waals surface area (Å²) in [4.78, 5) is 15.5. The van der Waals surface area contributed by atoms with E-state index in [9.17, 15) is 4.79 Å². The van der Waals surface area contributed by atoms with Gasteiger partial charge in [-0.25, -0.2) is 4.79 Å². The van der Waals surface area contributed by atoms with Crippen molar-refractivity contribution in [1.82, 2.24) is 15.1 Å². The second kappa shape index (κ2) is 5.92. The first-order valence-electron chi connectivity index (χ1n) is 5.53. The fourth-order valence-corrected chi connectivity index (χ4v) is 1.73. The molecular formula is C10H22N4O. The highest BCUT2D eigenvalue weighted by atomic mass is 16.2. The largest absolute Gasteiger partial charge is 0.335 e. The molecule has 0 bridgehead atoms. The van der Waals surface area contributed by atoms with Gasteiger partial charge in [0.05, 0.1) is 0 Å². The Labute approximate surface area is 91.6 Å². The molecule has 3 N–H and O–H groups in total. The molecule has 0 saturated carbocycles. The molecule has 1 rings (SSSR count). The minimum absolute atomic E-state index is 0.00463. The number of piperidine rings is 1. The summed E-state index contributed by atoms with van der Waals surface area (Å²) in [5.41, 5.74) is 5.39. The van der Waals surface area contributed by atoms with Crippen LogP contribution in [0.3, 0.4) is 0 Å². The predicted molar refractivity (Wildman–Crippen MR) is 60.7 cm³/mol. The van der Waals surface area contributed by atoms with Gasteiger partial charge in [0.1, 0.15) is 0 Å². The van der Waals surface area contributed by atoms with E-state index >= 15 is 0 Å². The van der Waals surface area contributed by atoms with Gasteiger partial charge in [-0.2, -0.15) is 0 Å². The lowest BCUT2D eigenvalue weighted by molar-refractivity contribution is 0.190. The van der Waals surface area contributed by atoms with Crippen molar-refractivity contribution in [3.63, 3.8) is 0 Å². The Morgan fingerprint density at radius 1 is 1.53 bits per heavy atom. The Hall–Kier alpha value is -0.810. The van der Waals surface area contributed by atoms with Gasteiger partial charge in [0.15, 0.2) is 0 Å². The van der Waals surface area contributed by atoms with Crippen molar-refractivity contribution in [2.45, 2.75) is 18.9 Å². The predicted octanol–water partition coefficient (Wildman–Crippen LogP) is -0.319. The summed E-state index contributed by atoms with van der Waals surface area (Å²) in [6, 6.07) is 0.323. The Morgan fingerprint density at radius 3 is 2.67 bits per heavy atom. The van der Waals surface area contributed by atoms with Gasteiger partial charge in [-0.15, -0.1) is 0 Å². The first kappa shape index (κ1) is 12.3. The molecule has 0 aromatic carbocycles. The number of likely N-dealkylation sites (N-methyl/N-ethyl adjacent to an activating group) is 1. The van der Waals surface area contributed by atoms with Crippen LogP contribution in [0.5, 0.6) is 0 Å². The topological polar surface area (TPSA) is 61.6 Å². The van der Waals surface area contributed by atoms with E-state index < -0.39 is 0 Å². The van der Waals surface area contributed by atoms with Crippen LogP contribution in [0.25, 0.3) is 0 Å². The number of amides is 2. The summed E-state index contributed by atoms with van der Waals surface area (Å²) in [7, 11) is 3.88. The molecule has 5 nitrogen and oxygen atoms in total. The average Bonchev–Trinajstić information content (AvgIpc) is 2.22.